The van der Waals surface area contributed by atoms with Crippen LogP contribution in [0.2, 0.25) is 0 Å². The van der Waals surface area contributed by atoms with Gasteiger partial charge < -0.3 is 9.13 Å². The van der Waals surface area contributed by atoms with Crippen molar-refractivity contribution in [2.75, 3.05) is 0 Å². The number of hydrogen-bond donors (Lipinski definition) is 0. The Kier molecular flexibility index (Phi) is 6.41. The van der Waals surface area contributed by atoms with Crippen molar-refractivity contribution in [3.63, 3.8) is 0 Å². The molecular weight excluding hydrogens is 705 g/mol. The highest BCUT2D eigenvalue weighted by Gasteiger charge is 2.20. The molecule has 0 saturated heterocycles. The van der Waals surface area contributed by atoms with Gasteiger partial charge in [0.15, 0.2) is 0 Å². The molecule has 4 aromatic heterocycles. The lowest BCUT2D eigenvalue weighted by Crippen LogP contribution is -1.96. The molecule has 0 radical (unpaired) electrons. The summed E-state index contributed by atoms with van der Waals surface area (Å²) in [6, 6.07) is 68.5. The van der Waals surface area contributed by atoms with Crippen molar-refractivity contribution in [3.05, 3.63) is 194 Å². The van der Waals surface area contributed by atoms with Crippen LogP contribution in [0.5, 0.6) is 0 Å². The van der Waals surface area contributed by atoms with Gasteiger partial charge in [-0.1, -0.05) is 121 Å². The highest BCUT2D eigenvalue weighted by atomic mass is 15.0. The third-order valence-electron chi connectivity index (χ3n) is 12.3. The Hall–Kier alpha value is -7.82. The molecule has 0 unspecified atom stereocenters. The summed E-state index contributed by atoms with van der Waals surface area (Å²) in [7, 11) is 0. The molecule has 0 bridgehead atoms. The lowest BCUT2D eigenvalue weighted by atomic mass is 9.93. The Labute approximate surface area is 332 Å². The van der Waals surface area contributed by atoms with Gasteiger partial charge in [-0.15, -0.1) is 0 Å². The van der Waals surface area contributed by atoms with Crippen molar-refractivity contribution in [1.29, 1.82) is 0 Å². The second-order valence-electron chi connectivity index (χ2n) is 15.4. The fourth-order valence-corrected chi connectivity index (χ4v) is 9.69. The molecule has 0 amide bonds. The van der Waals surface area contributed by atoms with E-state index in [1.165, 1.54) is 70.4 Å². The topological polar surface area (TPSA) is 35.6 Å². The van der Waals surface area contributed by atoms with Crippen LogP contribution in [0, 0.1) is 0 Å². The molecule has 0 aliphatic rings. The molecule has 4 heteroatoms. The molecule has 58 heavy (non-hydrogen) atoms. The number of para-hydroxylation sites is 2. The van der Waals surface area contributed by atoms with E-state index in [0.29, 0.717) is 0 Å². The standard InChI is InChI=1S/C54H32N4/c1-2-12-36(13-3-1)57-49-19-9-8-18-42(49)46-30-37(24-27-50(46)57)58-51-29-35(48-26-23-34-21-20-33-11-10-28-55-53(33)54(34)56-48)22-25-43(51)47-31-44-40-16-6-4-14-38(40)39-15-5-7-17-41(39)45(44)32-52(47)58/h1-32H. The molecule has 4 nitrogen and oxygen atoms in total. The van der Waals surface area contributed by atoms with Crippen LogP contribution in [0.1, 0.15) is 0 Å². The molecule has 4 heterocycles. The maximum Gasteiger partial charge on any atom is 0.0972 e. The number of hydrogen-bond acceptors (Lipinski definition) is 2. The highest BCUT2D eigenvalue weighted by molar-refractivity contribution is 6.29. The van der Waals surface area contributed by atoms with E-state index in [0.717, 1.165) is 50.0 Å². The van der Waals surface area contributed by atoms with E-state index in [2.05, 4.69) is 191 Å². The lowest BCUT2D eigenvalue weighted by molar-refractivity contribution is 1.17. The third kappa shape index (κ3) is 4.40. The normalized spacial score (nSPS) is 12.1. The maximum absolute atomic E-state index is 5.28. The van der Waals surface area contributed by atoms with Crippen LogP contribution in [0.15, 0.2) is 194 Å². The molecule has 0 spiro atoms. The van der Waals surface area contributed by atoms with E-state index in [-0.39, 0.29) is 0 Å². The van der Waals surface area contributed by atoms with E-state index in [1.54, 1.807) is 0 Å². The number of nitrogens with zero attached hydrogens (tertiary/aromatic N) is 4. The third-order valence-corrected chi connectivity index (χ3v) is 12.3. The second kappa shape index (κ2) is 11.8. The summed E-state index contributed by atoms with van der Waals surface area (Å²) in [6.07, 6.45) is 1.85. The van der Waals surface area contributed by atoms with Crippen molar-refractivity contribution < 1.29 is 0 Å². The molecule has 0 N–H and O–H groups in total. The van der Waals surface area contributed by atoms with Gasteiger partial charge in [0, 0.05) is 55.5 Å². The van der Waals surface area contributed by atoms with Crippen LogP contribution in [-0.2, 0) is 0 Å². The van der Waals surface area contributed by atoms with Crippen molar-refractivity contribution in [2.45, 2.75) is 0 Å². The molecule has 13 rings (SSSR count). The minimum Gasteiger partial charge on any atom is -0.309 e. The fourth-order valence-electron chi connectivity index (χ4n) is 9.69. The first kappa shape index (κ1) is 31.4. The summed E-state index contributed by atoms with van der Waals surface area (Å²) < 4.78 is 4.86. The van der Waals surface area contributed by atoms with Crippen LogP contribution in [0.3, 0.4) is 0 Å². The van der Waals surface area contributed by atoms with Gasteiger partial charge in [-0.25, -0.2) is 4.98 Å². The fraction of sp³-hybridized carbons (Fsp3) is 0. The number of aromatic nitrogens is 4. The van der Waals surface area contributed by atoms with Crippen LogP contribution >= 0.6 is 0 Å². The zero-order valence-corrected chi connectivity index (χ0v) is 31.3. The van der Waals surface area contributed by atoms with E-state index in [4.69, 9.17) is 9.97 Å². The van der Waals surface area contributed by atoms with Gasteiger partial charge in [-0.2, -0.15) is 0 Å². The summed E-state index contributed by atoms with van der Waals surface area (Å²) in [5.41, 5.74) is 10.8. The van der Waals surface area contributed by atoms with Gasteiger partial charge in [0.2, 0.25) is 0 Å². The average Bonchev–Trinajstić information content (AvgIpc) is 3.80. The van der Waals surface area contributed by atoms with E-state index < -0.39 is 0 Å². The van der Waals surface area contributed by atoms with Crippen molar-refractivity contribution >= 4 is 97.7 Å². The SMILES string of the molecule is c1ccc(-n2c3ccccc3c3cc(-n4c5cc(-c6ccc7ccc8cccnc8c7n6)ccc5c5cc6c7ccccc7c7ccccc7c6cc54)ccc32)cc1. The van der Waals surface area contributed by atoms with Gasteiger partial charge in [-0.05, 0) is 99.0 Å². The largest absolute Gasteiger partial charge is 0.309 e. The van der Waals surface area contributed by atoms with Crippen LogP contribution in [-0.4, -0.2) is 19.1 Å². The Bertz CT molecular complexity index is 3850. The number of benzene rings is 9. The number of pyridine rings is 2. The van der Waals surface area contributed by atoms with Gasteiger partial charge in [0.25, 0.3) is 0 Å². The van der Waals surface area contributed by atoms with E-state index >= 15 is 0 Å². The molecule has 9 aromatic carbocycles. The van der Waals surface area contributed by atoms with Crippen LogP contribution in [0.4, 0.5) is 0 Å². The number of rotatable bonds is 3. The first-order chi connectivity index (χ1) is 28.8. The average molecular weight is 737 g/mol. The van der Waals surface area contributed by atoms with Crippen molar-refractivity contribution in [2.24, 2.45) is 0 Å². The zero-order valence-electron chi connectivity index (χ0n) is 31.3. The highest BCUT2D eigenvalue weighted by Crippen LogP contribution is 2.43. The summed E-state index contributed by atoms with van der Waals surface area (Å²) in [5.74, 6) is 0. The Morgan fingerprint density at radius 2 is 0.897 bits per heavy atom. The van der Waals surface area contributed by atoms with Crippen LogP contribution < -0.4 is 0 Å². The van der Waals surface area contributed by atoms with Crippen LogP contribution in [0.25, 0.3) is 120 Å². The number of fused-ring (bicyclic) bond motifs is 15. The molecular formula is C54H32N4. The summed E-state index contributed by atoms with van der Waals surface area (Å²) in [4.78, 5) is 10.0. The molecule has 0 aliphatic carbocycles. The van der Waals surface area contributed by atoms with Gasteiger partial charge >= 0.3 is 0 Å². The second-order valence-corrected chi connectivity index (χ2v) is 15.4. The van der Waals surface area contributed by atoms with Crippen molar-refractivity contribution in [1.82, 2.24) is 19.1 Å². The van der Waals surface area contributed by atoms with Gasteiger partial charge in [-0.3, -0.25) is 4.98 Å². The molecule has 0 saturated carbocycles. The summed E-state index contributed by atoms with van der Waals surface area (Å²) >= 11 is 0. The Morgan fingerprint density at radius 3 is 1.69 bits per heavy atom. The van der Waals surface area contributed by atoms with E-state index in [1.807, 2.05) is 12.3 Å². The zero-order chi connectivity index (χ0) is 37.9. The lowest BCUT2D eigenvalue weighted by Gasteiger charge is -2.13. The Balaban J connectivity index is 1.14. The first-order valence-electron chi connectivity index (χ1n) is 19.8. The minimum absolute atomic E-state index is 0.918. The smallest absolute Gasteiger partial charge is 0.0972 e. The van der Waals surface area contributed by atoms with Gasteiger partial charge in [0.1, 0.15) is 0 Å². The molecule has 13 aromatic rings. The first-order valence-corrected chi connectivity index (χ1v) is 19.8. The van der Waals surface area contributed by atoms with E-state index in [9.17, 15) is 0 Å². The van der Waals surface area contributed by atoms with Crippen molar-refractivity contribution in [3.8, 4) is 22.6 Å². The monoisotopic (exact) mass is 736 g/mol. The predicted molar refractivity (Wildman–Crippen MR) is 244 cm³/mol. The quantitative estimate of drug-likeness (QED) is 0.169. The molecule has 0 fully saturated rings. The minimum atomic E-state index is 0.918. The Morgan fingerprint density at radius 1 is 0.310 bits per heavy atom. The molecule has 268 valence electrons. The maximum atomic E-state index is 5.28. The molecule has 0 atom stereocenters. The predicted octanol–water partition coefficient (Wildman–Crippen LogP) is 14.1. The molecule has 0 aliphatic heterocycles. The summed E-state index contributed by atoms with van der Waals surface area (Å²) in [6.45, 7) is 0. The summed E-state index contributed by atoms with van der Waals surface area (Å²) in [5, 5.41) is 14.7. The van der Waals surface area contributed by atoms with Gasteiger partial charge in [0.05, 0.1) is 38.8 Å².